The Hall–Kier alpha value is -3.29. The maximum Gasteiger partial charge on any atom is 0.174 e. The van der Waals surface area contributed by atoms with E-state index in [1.165, 1.54) is 0 Å². The molecule has 4 rings (SSSR count). The van der Waals surface area contributed by atoms with Crippen molar-refractivity contribution in [1.82, 2.24) is 4.98 Å². The summed E-state index contributed by atoms with van der Waals surface area (Å²) in [6.45, 7) is 0.563. The second kappa shape index (κ2) is 8.83. The predicted molar refractivity (Wildman–Crippen MR) is 121 cm³/mol. The molecule has 0 radical (unpaired) electrons. The number of anilines is 1. The summed E-state index contributed by atoms with van der Waals surface area (Å²) in [7, 11) is 8.47. The lowest BCUT2D eigenvalue weighted by molar-refractivity contribution is -0.0944. The van der Waals surface area contributed by atoms with Gasteiger partial charge in [0.05, 0.1) is 27.0 Å². The van der Waals surface area contributed by atoms with E-state index in [1.807, 2.05) is 48.5 Å². The molecule has 2 heterocycles. The molecule has 4 aromatic rings. The Balaban J connectivity index is 1.81. The molecule has 0 aliphatic heterocycles. The Bertz CT molecular complexity index is 1180. The molecule has 0 fully saturated rings. The second-order valence-electron chi connectivity index (χ2n) is 7.21. The van der Waals surface area contributed by atoms with Crippen LogP contribution in [0.5, 0.6) is 11.5 Å². The van der Waals surface area contributed by atoms with E-state index in [0.717, 1.165) is 38.7 Å². The van der Waals surface area contributed by atoms with E-state index in [0.29, 0.717) is 18.0 Å². The molecule has 0 unspecified atom stereocenters. The van der Waals surface area contributed by atoms with Gasteiger partial charge in [-0.1, -0.05) is 0 Å². The first-order valence-electron chi connectivity index (χ1n) is 9.88. The van der Waals surface area contributed by atoms with E-state index in [4.69, 9.17) is 23.4 Å². The van der Waals surface area contributed by atoms with Gasteiger partial charge in [0.2, 0.25) is 0 Å². The molecule has 2 aromatic heterocycles. The fourth-order valence-electron chi connectivity index (χ4n) is 3.77. The Morgan fingerprint density at radius 1 is 0.935 bits per heavy atom. The van der Waals surface area contributed by atoms with E-state index >= 15 is 0 Å². The zero-order valence-corrected chi connectivity index (χ0v) is 18.3. The van der Waals surface area contributed by atoms with Gasteiger partial charge in [-0.25, -0.2) is 4.98 Å². The number of likely N-dealkylation sites (N-methyl/N-ethyl adjacent to an activating group) is 1. The molecule has 0 bridgehead atoms. The molecule has 0 saturated carbocycles. The van der Waals surface area contributed by atoms with Crippen LogP contribution >= 0.6 is 0 Å². The summed E-state index contributed by atoms with van der Waals surface area (Å²) in [5, 5.41) is 3.05. The molecule has 31 heavy (non-hydrogen) atoms. The fourth-order valence-corrected chi connectivity index (χ4v) is 3.77. The molecule has 0 saturated heterocycles. The summed E-state index contributed by atoms with van der Waals surface area (Å²) in [4.78, 5) is 6.66. The minimum atomic E-state index is -0.324. The molecular weight excluding hydrogens is 396 g/mol. The Morgan fingerprint density at radius 3 is 2.32 bits per heavy atom. The summed E-state index contributed by atoms with van der Waals surface area (Å²) in [5.74, 6) is 2.17. The summed E-state index contributed by atoms with van der Waals surface area (Å²) >= 11 is 0. The number of nitrogens with zero attached hydrogens (tertiary/aromatic N) is 2. The zero-order chi connectivity index (χ0) is 22.0. The minimum absolute atomic E-state index is 0.324. The van der Waals surface area contributed by atoms with Gasteiger partial charge in [0.25, 0.3) is 0 Å². The Morgan fingerprint density at radius 2 is 1.68 bits per heavy atom. The van der Waals surface area contributed by atoms with Crippen molar-refractivity contribution in [3.05, 3.63) is 48.9 Å². The second-order valence-corrected chi connectivity index (χ2v) is 7.21. The number of aromatic nitrogens is 1. The highest BCUT2D eigenvalue weighted by Gasteiger charge is 2.17. The Labute approximate surface area is 181 Å². The van der Waals surface area contributed by atoms with E-state index in [9.17, 15) is 0 Å². The first-order valence-corrected chi connectivity index (χ1v) is 9.88. The monoisotopic (exact) mass is 422 g/mol. The van der Waals surface area contributed by atoms with E-state index in [-0.39, 0.29) is 6.29 Å². The molecule has 0 atom stereocenters. The molecule has 2 aromatic carbocycles. The Kier molecular flexibility index (Phi) is 5.97. The lowest BCUT2D eigenvalue weighted by Gasteiger charge is -2.23. The fraction of sp³-hybridized carbons (Fsp3) is 0.292. The highest BCUT2D eigenvalue weighted by atomic mass is 16.7. The van der Waals surface area contributed by atoms with E-state index < -0.39 is 0 Å². The third kappa shape index (κ3) is 3.89. The van der Waals surface area contributed by atoms with Gasteiger partial charge in [0.1, 0.15) is 11.4 Å². The van der Waals surface area contributed by atoms with Crippen molar-refractivity contribution >= 4 is 27.6 Å². The van der Waals surface area contributed by atoms with Crippen molar-refractivity contribution in [2.24, 2.45) is 0 Å². The van der Waals surface area contributed by atoms with Crippen LogP contribution in [-0.4, -0.2) is 53.3 Å². The van der Waals surface area contributed by atoms with Crippen LogP contribution in [-0.2, 0) is 9.47 Å². The van der Waals surface area contributed by atoms with Gasteiger partial charge in [-0.3, -0.25) is 0 Å². The quantitative estimate of drug-likeness (QED) is 0.381. The molecule has 0 aliphatic rings. The zero-order valence-electron chi connectivity index (χ0n) is 18.3. The van der Waals surface area contributed by atoms with Crippen LogP contribution in [0.4, 0.5) is 5.82 Å². The average Bonchev–Trinajstić information content (AvgIpc) is 3.28. The predicted octanol–water partition coefficient (Wildman–Crippen LogP) is 4.72. The van der Waals surface area contributed by atoms with Crippen LogP contribution in [0.2, 0.25) is 0 Å². The molecule has 162 valence electrons. The SMILES string of the molecule is COc1cc2cc3ccoc3c(-c3ccc(N(C)CC(OC)OC)nc3)c2cc1OC. The lowest BCUT2D eigenvalue weighted by Crippen LogP contribution is -2.32. The third-order valence-corrected chi connectivity index (χ3v) is 5.44. The smallest absolute Gasteiger partial charge is 0.174 e. The molecular formula is C24H26N2O5. The van der Waals surface area contributed by atoms with Crippen LogP contribution in [0.1, 0.15) is 0 Å². The lowest BCUT2D eigenvalue weighted by atomic mass is 9.96. The van der Waals surface area contributed by atoms with Crippen LogP contribution < -0.4 is 14.4 Å². The number of rotatable bonds is 8. The number of hydrogen-bond acceptors (Lipinski definition) is 7. The van der Waals surface area contributed by atoms with Gasteiger partial charge in [0, 0.05) is 44.0 Å². The maximum absolute atomic E-state index is 5.86. The van der Waals surface area contributed by atoms with Crippen molar-refractivity contribution in [2.75, 3.05) is 46.9 Å². The normalized spacial score (nSPS) is 11.4. The number of furan rings is 1. The maximum atomic E-state index is 5.86. The summed E-state index contributed by atoms with van der Waals surface area (Å²) in [6, 6.07) is 12.0. The van der Waals surface area contributed by atoms with Crippen molar-refractivity contribution in [3.63, 3.8) is 0 Å². The minimum Gasteiger partial charge on any atom is -0.493 e. The number of fused-ring (bicyclic) bond motifs is 2. The van der Waals surface area contributed by atoms with Gasteiger partial charge in [-0.05, 0) is 47.2 Å². The molecule has 0 spiro atoms. The largest absolute Gasteiger partial charge is 0.493 e. The molecule has 0 N–H and O–H groups in total. The number of ether oxygens (including phenoxy) is 4. The summed E-state index contributed by atoms with van der Waals surface area (Å²) < 4.78 is 27.5. The summed E-state index contributed by atoms with van der Waals surface area (Å²) in [6.07, 6.45) is 3.23. The van der Waals surface area contributed by atoms with Crippen LogP contribution in [0, 0.1) is 0 Å². The van der Waals surface area contributed by atoms with E-state index in [1.54, 1.807) is 34.7 Å². The number of pyridine rings is 1. The first kappa shape index (κ1) is 21.0. The van der Waals surface area contributed by atoms with Gasteiger partial charge >= 0.3 is 0 Å². The van der Waals surface area contributed by atoms with Gasteiger partial charge in [-0.2, -0.15) is 0 Å². The number of hydrogen-bond donors (Lipinski definition) is 0. The average molecular weight is 422 g/mol. The first-order chi connectivity index (χ1) is 15.1. The van der Waals surface area contributed by atoms with Gasteiger partial charge < -0.3 is 28.3 Å². The number of methoxy groups -OCH3 is 4. The van der Waals surface area contributed by atoms with Crippen molar-refractivity contribution in [2.45, 2.75) is 6.29 Å². The highest BCUT2D eigenvalue weighted by Crippen LogP contribution is 2.41. The van der Waals surface area contributed by atoms with Crippen LogP contribution in [0.25, 0.3) is 32.9 Å². The summed E-state index contributed by atoms with van der Waals surface area (Å²) in [5.41, 5.74) is 2.72. The van der Waals surface area contributed by atoms with Crippen LogP contribution in [0.3, 0.4) is 0 Å². The standard InChI is InChI=1S/C24H26N2O5/c1-26(14-22(29-4)30-5)21-7-6-16(13-25-21)23-18-12-20(28-3)19(27-2)11-17(18)10-15-8-9-31-24(15)23/h6-13,22H,14H2,1-5H3. The molecule has 0 amide bonds. The molecule has 7 nitrogen and oxygen atoms in total. The molecule has 7 heteroatoms. The van der Waals surface area contributed by atoms with Gasteiger partial charge in [-0.15, -0.1) is 0 Å². The third-order valence-electron chi connectivity index (χ3n) is 5.44. The van der Waals surface area contributed by atoms with Crippen molar-refractivity contribution in [3.8, 4) is 22.6 Å². The van der Waals surface area contributed by atoms with Crippen molar-refractivity contribution < 1.29 is 23.4 Å². The van der Waals surface area contributed by atoms with Crippen LogP contribution in [0.15, 0.2) is 53.3 Å². The van der Waals surface area contributed by atoms with Crippen molar-refractivity contribution in [1.29, 1.82) is 0 Å². The van der Waals surface area contributed by atoms with Gasteiger partial charge in [0.15, 0.2) is 17.8 Å². The van der Waals surface area contributed by atoms with E-state index in [2.05, 4.69) is 11.1 Å². The molecule has 0 aliphatic carbocycles. The number of benzene rings is 2. The highest BCUT2D eigenvalue weighted by molar-refractivity contribution is 6.11. The topological polar surface area (TPSA) is 66.2 Å².